The minimum atomic E-state index is -0.511. The third-order valence-corrected chi connectivity index (χ3v) is 5.88. The average Bonchev–Trinajstić information content (AvgIpc) is 2.84. The zero-order chi connectivity index (χ0) is 22.9. The summed E-state index contributed by atoms with van der Waals surface area (Å²) >= 11 is 5.65. The maximum absolute atomic E-state index is 13.6. The van der Waals surface area contributed by atoms with Gasteiger partial charge in [-0.05, 0) is 59.8 Å². The number of para-hydroxylation sites is 2. The van der Waals surface area contributed by atoms with Gasteiger partial charge in [-0.25, -0.2) is 0 Å². The Bertz CT molecular complexity index is 1560. The van der Waals surface area contributed by atoms with Gasteiger partial charge in [0.2, 0.25) is 5.88 Å². The molecule has 6 heteroatoms. The van der Waals surface area contributed by atoms with Gasteiger partial charge < -0.3 is 5.11 Å². The lowest BCUT2D eigenvalue weighted by Crippen LogP contribution is -2.26. The van der Waals surface area contributed by atoms with Crippen LogP contribution in [0.3, 0.4) is 0 Å². The third-order valence-electron chi connectivity index (χ3n) is 5.52. The predicted molar refractivity (Wildman–Crippen MR) is 132 cm³/mol. The molecule has 1 aromatic heterocycles. The van der Waals surface area contributed by atoms with Crippen LogP contribution in [-0.4, -0.2) is 20.0 Å². The largest absolute Gasteiger partial charge is 0.494 e. The van der Waals surface area contributed by atoms with Crippen molar-refractivity contribution < 1.29 is 9.90 Å². The molecule has 0 fully saturated rings. The first kappa shape index (κ1) is 20.6. The molecular weight excluding hydrogens is 432 g/mol. The van der Waals surface area contributed by atoms with Crippen LogP contribution in [0.2, 0.25) is 0 Å². The van der Waals surface area contributed by atoms with E-state index in [1.165, 1.54) is 21.3 Å². The topological polar surface area (TPSA) is 64.2 Å². The van der Waals surface area contributed by atoms with Crippen molar-refractivity contribution in [2.45, 2.75) is 0 Å². The van der Waals surface area contributed by atoms with Crippen LogP contribution in [0.5, 0.6) is 5.88 Å². The number of allylic oxidation sites excluding steroid dienone is 2. The van der Waals surface area contributed by atoms with Crippen LogP contribution >= 0.6 is 12.2 Å². The number of hydrogen-bond donors (Lipinski definition) is 1. The molecule has 1 N–H and O–H groups in total. The molecule has 0 amide bonds. The molecule has 5 nitrogen and oxygen atoms in total. The van der Waals surface area contributed by atoms with E-state index in [9.17, 15) is 14.7 Å². The molecule has 1 heterocycles. The van der Waals surface area contributed by atoms with Crippen LogP contribution in [0.15, 0.2) is 95.8 Å². The summed E-state index contributed by atoms with van der Waals surface area (Å²) in [6, 6.07) is 25.5. The Morgan fingerprint density at radius 2 is 1.30 bits per heavy atom. The number of rotatable bonds is 3. The molecule has 3 aromatic carbocycles. The van der Waals surface area contributed by atoms with Crippen LogP contribution in [0.1, 0.15) is 16.7 Å². The molecule has 33 heavy (non-hydrogen) atoms. The van der Waals surface area contributed by atoms with E-state index < -0.39 is 5.56 Å². The fourth-order valence-corrected chi connectivity index (χ4v) is 4.30. The molecular formula is C27H18N2O3S. The number of aromatic nitrogens is 2. The maximum atomic E-state index is 13.6. The first-order chi connectivity index (χ1) is 16.1. The summed E-state index contributed by atoms with van der Waals surface area (Å²) < 4.78 is 2.92. The van der Waals surface area contributed by atoms with Gasteiger partial charge in [0.15, 0.2) is 10.6 Å². The Labute approximate surface area is 194 Å². The van der Waals surface area contributed by atoms with E-state index in [4.69, 9.17) is 12.2 Å². The van der Waals surface area contributed by atoms with Crippen molar-refractivity contribution in [3.63, 3.8) is 0 Å². The summed E-state index contributed by atoms with van der Waals surface area (Å²) in [4.78, 5) is 26.4. The first-order valence-corrected chi connectivity index (χ1v) is 10.7. The fraction of sp³-hybridized carbons (Fsp3) is 0. The molecule has 0 unspecified atom stereocenters. The van der Waals surface area contributed by atoms with Gasteiger partial charge in [-0.15, -0.1) is 0 Å². The van der Waals surface area contributed by atoms with Crippen molar-refractivity contribution >= 4 is 35.7 Å². The summed E-state index contributed by atoms with van der Waals surface area (Å²) in [6.45, 7) is 0. The number of ketones is 1. The summed E-state index contributed by atoms with van der Waals surface area (Å²) in [5, 5.41) is 11.2. The molecule has 0 saturated carbocycles. The van der Waals surface area contributed by atoms with E-state index >= 15 is 0 Å². The summed E-state index contributed by atoms with van der Waals surface area (Å²) in [6.07, 6.45) is 4.66. The summed E-state index contributed by atoms with van der Waals surface area (Å²) in [5.41, 5.74) is 2.52. The molecule has 4 aromatic rings. The molecule has 160 valence electrons. The van der Waals surface area contributed by atoms with Gasteiger partial charge in [-0.1, -0.05) is 66.7 Å². The second-order valence-electron chi connectivity index (χ2n) is 7.51. The normalized spacial score (nSPS) is 13.8. The third kappa shape index (κ3) is 3.56. The van der Waals surface area contributed by atoms with Gasteiger partial charge in [0, 0.05) is 5.57 Å². The van der Waals surface area contributed by atoms with Crippen LogP contribution in [0, 0.1) is 4.77 Å². The summed E-state index contributed by atoms with van der Waals surface area (Å²) in [5.74, 6) is -0.566. The molecule has 1 aliphatic carbocycles. The molecule has 0 radical (unpaired) electrons. The van der Waals surface area contributed by atoms with E-state index in [-0.39, 0.29) is 22.0 Å². The standard InChI is InChI=1S/C27H18N2O3S/c30-24-16-15-18-9-7-8-14-21(18)22(24)17-23-25(31)28(19-10-3-1-4-11-19)27(33)29(26(23)32)20-12-5-2-6-13-20/h1-17,31H. The van der Waals surface area contributed by atoms with Gasteiger partial charge in [0.1, 0.15) is 5.56 Å². The molecule has 0 saturated heterocycles. The van der Waals surface area contributed by atoms with Gasteiger partial charge in [-0.2, -0.15) is 0 Å². The lowest BCUT2D eigenvalue weighted by atomic mass is 9.90. The van der Waals surface area contributed by atoms with Gasteiger partial charge in [0.25, 0.3) is 5.56 Å². The Kier molecular flexibility index (Phi) is 5.20. The highest BCUT2D eigenvalue weighted by molar-refractivity contribution is 7.71. The van der Waals surface area contributed by atoms with Crippen molar-refractivity contribution in [3.8, 4) is 17.3 Å². The zero-order valence-corrected chi connectivity index (χ0v) is 18.2. The van der Waals surface area contributed by atoms with Crippen LogP contribution < -0.4 is 5.56 Å². The number of benzene rings is 3. The van der Waals surface area contributed by atoms with Gasteiger partial charge >= 0.3 is 0 Å². The SMILES string of the molecule is O=C1C=Cc2ccccc2C1=Cc1c(O)n(-c2ccccc2)c(=S)n(-c2ccccc2)c1=O. The van der Waals surface area contributed by atoms with Gasteiger partial charge in [-0.3, -0.25) is 18.7 Å². The molecule has 5 rings (SSSR count). The lowest BCUT2D eigenvalue weighted by molar-refractivity contribution is -0.109. The highest BCUT2D eigenvalue weighted by Gasteiger charge is 2.22. The minimum absolute atomic E-state index is 0.0234. The predicted octanol–water partition coefficient (Wildman–Crippen LogP) is 5.20. The Morgan fingerprint density at radius 1 is 0.727 bits per heavy atom. The smallest absolute Gasteiger partial charge is 0.270 e. The number of hydrogen-bond acceptors (Lipinski definition) is 4. The maximum Gasteiger partial charge on any atom is 0.270 e. The molecule has 0 aliphatic heterocycles. The van der Waals surface area contributed by atoms with Crippen molar-refractivity contribution in [2.75, 3.05) is 0 Å². The number of carbonyl (C=O) groups is 1. The van der Waals surface area contributed by atoms with Crippen molar-refractivity contribution in [1.29, 1.82) is 0 Å². The number of aromatic hydroxyl groups is 1. The van der Waals surface area contributed by atoms with E-state index in [1.807, 2.05) is 48.5 Å². The molecule has 0 atom stereocenters. The molecule has 0 spiro atoms. The van der Waals surface area contributed by atoms with E-state index in [2.05, 4.69) is 0 Å². The Balaban J connectivity index is 1.87. The van der Waals surface area contributed by atoms with E-state index in [0.717, 1.165) is 5.56 Å². The quantitative estimate of drug-likeness (QED) is 0.344. The van der Waals surface area contributed by atoms with Crippen molar-refractivity contribution in [1.82, 2.24) is 9.13 Å². The van der Waals surface area contributed by atoms with Gasteiger partial charge in [0.05, 0.1) is 11.4 Å². The average molecular weight is 451 g/mol. The second kappa shape index (κ2) is 8.33. The summed E-state index contributed by atoms with van der Waals surface area (Å²) in [7, 11) is 0. The minimum Gasteiger partial charge on any atom is -0.494 e. The van der Waals surface area contributed by atoms with Crippen molar-refractivity contribution in [3.05, 3.63) is 123 Å². The molecule has 0 bridgehead atoms. The van der Waals surface area contributed by atoms with Crippen LogP contribution in [-0.2, 0) is 4.79 Å². The van der Waals surface area contributed by atoms with E-state index in [1.54, 1.807) is 42.5 Å². The highest BCUT2D eigenvalue weighted by Crippen LogP contribution is 2.30. The highest BCUT2D eigenvalue weighted by atomic mass is 32.1. The second-order valence-corrected chi connectivity index (χ2v) is 7.87. The van der Waals surface area contributed by atoms with Crippen LogP contribution in [0.25, 0.3) is 29.1 Å². The van der Waals surface area contributed by atoms with E-state index in [0.29, 0.717) is 22.5 Å². The Hall–Kier alpha value is -4.29. The molecule has 1 aliphatic rings. The van der Waals surface area contributed by atoms with Crippen LogP contribution in [0.4, 0.5) is 0 Å². The number of carbonyl (C=O) groups excluding carboxylic acids is 1. The Morgan fingerprint density at radius 3 is 1.97 bits per heavy atom. The fourth-order valence-electron chi connectivity index (χ4n) is 3.92. The monoisotopic (exact) mass is 450 g/mol. The lowest BCUT2D eigenvalue weighted by Gasteiger charge is -2.18. The number of fused-ring (bicyclic) bond motifs is 1. The first-order valence-electron chi connectivity index (χ1n) is 10.3. The zero-order valence-electron chi connectivity index (χ0n) is 17.4. The van der Waals surface area contributed by atoms with Crippen molar-refractivity contribution in [2.24, 2.45) is 0 Å². The number of nitrogens with zero attached hydrogens (tertiary/aromatic N) is 2.